The molecular weight excluding hydrogens is 262 g/mol. The van der Waals surface area contributed by atoms with Gasteiger partial charge in [-0.15, -0.1) is 0 Å². The summed E-state index contributed by atoms with van der Waals surface area (Å²) in [6.45, 7) is 2.18. The smallest absolute Gasteiger partial charge is 0.0645 e. The summed E-state index contributed by atoms with van der Waals surface area (Å²) in [5.74, 6) is 0. The van der Waals surface area contributed by atoms with Crippen molar-refractivity contribution in [3.63, 3.8) is 0 Å². The highest BCUT2D eigenvalue weighted by atomic mass is 16.3. The Bertz CT molecular complexity index is 558. The first kappa shape index (κ1) is 14.3. The van der Waals surface area contributed by atoms with E-state index in [-0.39, 0.29) is 12.1 Å². The molecular formula is C17H23N3O. The molecule has 0 bridgehead atoms. The van der Waals surface area contributed by atoms with Crippen LogP contribution in [0.25, 0.3) is 5.69 Å². The number of aromatic nitrogens is 2. The molecule has 4 nitrogen and oxygen atoms in total. The number of para-hydroxylation sites is 1. The van der Waals surface area contributed by atoms with E-state index in [1.165, 1.54) is 5.56 Å². The quantitative estimate of drug-likeness (QED) is 0.908. The minimum atomic E-state index is -0.0980. The van der Waals surface area contributed by atoms with Crippen LogP contribution in [-0.4, -0.2) is 27.0 Å². The number of nitrogens with one attached hydrogen (secondary N) is 1. The van der Waals surface area contributed by atoms with Crippen molar-refractivity contribution in [1.82, 2.24) is 15.1 Å². The summed E-state index contributed by atoms with van der Waals surface area (Å²) < 4.78 is 1.91. The van der Waals surface area contributed by atoms with Crippen LogP contribution in [0.3, 0.4) is 0 Å². The van der Waals surface area contributed by atoms with Crippen LogP contribution in [0.5, 0.6) is 0 Å². The molecule has 21 heavy (non-hydrogen) atoms. The van der Waals surface area contributed by atoms with Gasteiger partial charge in [0.1, 0.15) is 0 Å². The molecule has 3 rings (SSSR count). The van der Waals surface area contributed by atoms with E-state index in [9.17, 15) is 5.11 Å². The maximum atomic E-state index is 9.57. The van der Waals surface area contributed by atoms with Gasteiger partial charge in [-0.1, -0.05) is 18.2 Å². The molecule has 1 saturated carbocycles. The largest absolute Gasteiger partial charge is 0.393 e. The Morgan fingerprint density at radius 3 is 2.62 bits per heavy atom. The number of nitrogens with zero attached hydrogens (tertiary/aromatic N) is 2. The van der Waals surface area contributed by atoms with Gasteiger partial charge in [-0.25, -0.2) is 4.68 Å². The van der Waals surface area contributed by atoms with Crippen LogP contribution in [-0.2, 0) is 0 Å². The second kappa shape index (κ2) is 6.41. The Kier molecular flexibility index (Phi) is 4.36. The van der Waals surface area contributed by atoms with Crippen molar-refractivity contribution in [3.8, 4) is 5.69 Å². The fraction of sp³-hybridized carbons (Fsp3) is 0.471. The lowest BCUT2D eigenvalue weighted by molar-refractivity contribution is 0.114. The first-order valence-electron chi connectivity index (χ1n) is 7.76. The standard InChI is InChI=1S/C17H23N3O/c1-13(19-15-7-9-17(21)10-8-15)14-11-18-20(12-14)16-5-3-2-4-6-16/h2-6,11-13,15,17,19,21H,7-10H2,1H3. The second-order valence-electron chi connectivity index (χ2n) is 5.95. The van der Waals surface area contributed by atoms with Crippen molar-refractivity contribution in [1.29, 1.82) is 0 Å². The van der Waals surface area contributed by atoms with Crippen LogP contribution >= 0.6 is 0 Å². The minimum absolute atomic E-state index is 0.0980. The predicted molar refractivity (Wildman–Crippen MR) is 83.4 cm³/mol. The van der Waals surface area contributed by atoms with Crippen molar-refractivity contribution in [2.45, 2.75) is 50.8 Å². The Morgan fingerprint density at radius 2 is 1.90 bits per heavy atom. The molecule has 1 heterocycles. The highest BCUT2D eigenvalue weighted by Crippen LogP contribution is 2.22. The van der Waals surface area contributed by atoms with E-state index in [0.717, 1.165) is 31.4 Å². The first-order valence-corrected chi connectivity index (χ1v) is 7.76. The number of hydrogen-bond donors (Lipinski definition) is 2. The molecule has 0 spiro atoms. The number of aliphatic hydroxyl groups is 1. The van der Waals surface area contributed by atoms with E-state index in [0.29, 0.717) is 6.04 Å². The zero-order chi connectivity index (χ0) is 14.7. The van der Waals surface area contributed by atoms with Gasteiger partial charge in [-0.3, -0.25) is 0 Å². The van der Waals surface area contributed by atoms with Gasteiger partial charge in [-0.05, 0) is 44.7 Å². The van der Waals surface area contributed by atoms with Gasteiger partial charge < -0.3 is 10.4 Å². The molecule has 1 atom stereocenters. The molecule has 2 N–H and O–H groups in total. The van der Waals surface area contributed by atoms with Crippen molar-refractivity contribution in [2.24, 2.45) is 0 Å². The Labute approximate surface area is 125 Å². The molecule has 2 aromatic rings. The Morgan fingerprint density at radius 1 is 1.19 bits per heavy atom. The van der Waals surface area contributed by atoms with Gasteiger partial charge in [-0.2, -0.15) is 5.10 Å². The van der Waals surface area contributed by atoms with Crippen molar-refractivity contribution >= 4 is 0 Å². The second-order valence-corrected chi connectivity index (χ2v) is 5.95. The topological polar surface area (TPSA) is 50.1 Å². The molecule has 1 aromatic carbocycles. The third-order valence-electron chi connectivity index (χ3n) is 4.31. The molecule has 1 fully saturated rings. The van der Waals surface area contributed by atoms with Crippen molar-refractivity contribution in [2.75, 3.05) is 0 Å². The summed E-state index contributed by atoms with van der Waals surface area (Å²) >= 11 is 0. The van der Waals surface area contributed by atoms with E-state index in [1.54, 1.807) is 0 Å². The minimum Gasteiger partial charge on any atom is -0.393 e. The van der Waals surface area contributed by atoms with Crippen molar-refractivity contribution in [3.05, 3.63) is 48.3 Å². The summed E-state index contributed by atoms with van der Waals surface area (Å²) in [5.41, 5.74) is 2.28. The van der Waals surface area contributed by atoms with Gasteiger partial charge in [0.25, 0.3) is 0 Å². The highest BCUT2D eigenvalue weighted by Gasteiger charge is 2.21. The molecule has 0 saturated heterocycles. The molecule has 4 heteroatoms. The summed E-state index contributed by atoms with van der Waals surface area (Å²) in [6.07, 6.45) is 7.85. The SMILES string of the molecule is CC(NC1CCC(O)CC1)c1cnn(-c2ccccc2)c1. The number of aliphatic hydroxyl groups excluding tert-OH is 1. The summed E-state index contributed by atoms with van der Waals surface area (Å²) in [6, 6.07) is 10.9. The highest BCUT2D eigenvalue weighted by molar-refractivity contribution is 5.31. The fourth-order valence-electron chi connectivity index (χ4n) is 2.97. The van der Waals surface area contributed by atoms with Crippen LogP contribution in [0.1, 0.15) is 44.2 Å². The average molecular weight is 285 g/mol. The zero-order valence-electron chi connectivity index (χ0n) is 12.4. The van der Waals surface area contributed by atoms with E-state index in [1.807, 2.05) is 29.1 Å². The molecule has 1 aliphatic rings. The maximum absolute atomic E-state index is 9.57. The first-order chi connectivity index (χ1) is 10.2. The van der Waals surface area contributed by atoms with Gasteiger partial charge in [0, 0.05) is 23.8 Å². The lowest BCUT2D eigenvalue weighted by Gasteiger charge is -2.28. The third kappa shape index (κ3) is 3.52. The van der Waals surface area contributed by atoms with Crippen LogP contribution in [0.15, 0.2) is 42.7 Å². The molecule has 0 radical (unpaired) electrons. The lowest BCUT2D eigenvalue weighted by atomic mass is 9.92. The van der Waals surface area contributed by atoms with E-state index >= 15 is 0 Å². The maximum Gasteiger partial charge on any atom is 0.0645 e. The lowest BCUT2D eigenvalue weighted by Crippen LogP contribution is -2.36. The third-order valence-corrected chi connectivity index (χ3v) is 4.31. The number of rotatable bonds is 4. The number of hydrogen-bond acceptors (Lipinski definition) is 3. The average Bonchev–Trinajstić information content (AvgIpc) is 3.00. The van der Waals surface area contributed by atoms with Gasteiger partial charge >= 0.3 is 0 Å². The summed E-state index contributed by atoms with van der Waals surface area (Å²) in [7, 11) is 0. The van der Waals surface area contributed by atoms with E-state index in [2.05, 4.69) is 35.7 Å². The van der Waals surface area contributed by atoms with Crippen molar-refractivity contribution < 1.29 is 5.11 Å². The molecule has 1 aromatic heterocycles. The van der Waals surface area contributed by atoms with E-state index in [4.69, 9.17) is 0 Å². The van der Waals surface area contributed by atoms with Gasteiger partial charge in [0.15, 0.2) is 0 Å². The number of benzene rings is 1. The van der Waals surface area contributed by atoms with Crippen LogP contribution in [0.2, 0.25) is 0 Å². The normalized spacial score (nSPS) is 23.9. The van der Waals surface area contributed by atoms with Crippen LogP contribution in [0.4, 0.5) is 0 Å². The summed E-state index contributed by atoms with van der Waals surface area (Å²) in [4.78, 5) is 0. The Hall–Kier alpha value is -1.65. The summed E-state index contributed by atoms with van der Waals surface area (Å²) in [5, 5.41) is 17.7. The molecule has 112 valence electrons. The zero-order valence-corrected chi connectivity index (χ0v) is 12.4. The molecule has 1 unspecified atom stereocenters. The van der Waals surface area contributed by atoms with Gasteiger partial charge in [0.2, 0.25) is 0 Å². The predicted octanol–water partition coefficient (Wildman–Crippen LogP) is 2.83. The van der Waals surface area contributed by atoms with Crippen LogP contribution < -0.4 is 5.32 Å². The molecule has 0 amide bonds. The molecule has 0 aliphatic heterocycles. The Balaban J connectivity index is 1.63. The van der Waals surface area contributed by atoms with Crippen LogP contribution in [0, 0.1) is 0 Å². The van der Waals surface area contributed by atoms with Gasteiger partial charge in [0.05, 0.1) is 18.0 Å². The molecule has 1 aliphatic carbocycles. The fourth-order valence-corrected chi connectivity index (χ4v) is 2.97. The van der Waals surface area contributed by atoms with E-state index < -0.39 is 0 Å². The monoisotopic (exact) mass is 285 g/mol.